The minimum absolute atomic E-state index is 0.131. The summed E-state index contributed by atoms with van der Waals surface area (Å²) in [5, 5.41) is 17.3. The van der Waals surface area contributed by atoms with Crippen molar-refractivity contribution in [3.63, 3.8) is 0 Å². The lowest BCUT2D eigenvalue weighted by molar-refractivity contribution is 0.100. The lowest BCUT2D eigenvalue weighted by Gasteiger charge is -2.27. The molecule has 0 unspecified atom stereocenters. The number of urea groups is 1. The number of benzene rings is 2. The highest BCUT2D eigenvalue weighted by Gasteiger charge is 2.23. The fourth-order valence-electron chi connectivity index (χ4n) is 2.54. The summed E-state index contributed by atoms with van der Waals surface area (Å²) in [5.41, 5.74) is 6.96. The van der Waals surface area contributed by atoms with E-state index in [-0.39, 0.29) is 10.6 Å². The lowest BCUT2D eigenvalue weighted by Crippen LogP contribution is -2.43. The van der Waals surface area contributed by atoms with Crippen molar-refractivity contribution in [2.45, 2.75) is 25.8 Å². The van der Waals surface area contributed by atoms with Crippen molar-refractivity contribution >= 4 is 35.4 Å². The van der Waals surface area contributed by atoms with Gasteiger partial charge in [-0.05, 0) is 43.2 Å². The molecule has 0 atom stereocenters. The van der Waals surface area contributed by atoms with Crippen LogP contribution in [0.2, 0.25) is 5.02 Å². The molecule has 0 aromatic heterocycles. The molecule has 2 rings (SSSR count). The summed E-state index contributed by atoms with van der Waals surface area (Å²) in [5.74, 6) is -0.673. The Morgan fingerprint density at radius 3 is 2.67 bits per heavy atom. The van der Waals surface area contributed by atoms with Gasteiger partial charge in [-0.1, -0.05) is 35.9 Å². The highest BCUT2D eigenvalue weighted by atomic mass is 35.5. The fourth-order valence-corrected chi connectivity index (χ4v) is 2.75. The predicted octanol–water partition coefficient (Wildman–Crippen LogP) is 3.50. The van der Waals surface area contributed by atoms with Gasteiger partial charge in [-0.3, -0.25) is 4.79 Å². The SMILES string of the molecule is CC(C)(NC(=O)Nc1ccc(Cl)c(C(N)=O)c1)c1cccc(C/C=N/O)c1. The fraction of sp³-hybridized carbons (Fsp3) is 0.211. The Kier molecular flexibility index (Phi) is 6.41. The monoisotopic (exact) mass is 388 g/mol. The van der Waals surface area contributed by atoms with Gasteiger partial charge in [0.1, 0.15) is 0 Å². The molecule has 2 aromatic rings. The number of hydrogen-bond donors (Lipinski definition) is 4. The maximum Gasteiger partial charge on any atom is 0.319 e. The molecule has 142 valence electrons. The van der Waals surface area contributed by atoms with E-state index in [9.17, 15) is 9.59 Å². The molecule has 0 spiro atoms. The van der Waals surface area contributed by atoms with Crippen LogP contribution >= 0.6 is 11.6 Å². The molecule has 0 aliphatic carbocycles. The van der Waals surface area contributed by atoms with E-state index in [0.29, 0.717) is 12.1 Å². The Morgan fingerprint density at radius 1 is 1.26 bits per heavy atom. The number of nitrogens with two attached hydrogens (primary N) is 1. The van der Waals surface area contributed by atoms with Gasteiger partial charge in [-0.25, -0.2) is 4.79 Å². The van der Waals surface area contributed by atoms with Crippen LogP contribution in [0.1, 0.15) is 35.3 Å². The first-order valence-electron chi connectivity index (χ1n) is 8.17. The number of nitrogens with one attached hydrogen (secondary N) is 2. The van der Waals surface area contributed by atoms with Gasteiger partial charge in [0.15, 0.2) is 0 Å². The number of carbonyl (C=O) groups is 2. The summed E-state index contributed by atoms with van der Waals surface area (Å²) >= 11 is 5.91. The van der Waals surface area contributed by atoms with Crippen molar-refractivity contribution < 1.29 is 14.8 Å². The van der Waals surface area contributed by atoms with Gasteiger partial charge in [0.25, 0.3) is 0 Å². The zero-order chi connectivity index (χ0) is 20.0. The molecular formula is C19H21ClN4O3. The Labute approximate surface area is 162 Å². The Balaban J connectivity index is 2.12. The highest BCUT2D eigenvalue weighted by Crippen LogP contribution is 2.23. The van der Waals surface area contributed by atoms with E-state index in [4.69, 9.17) is 22.5 Å². The molecule has 0 saturated heterocycles. The Hall–Kier alpha value is -3.06. The van der Waals surface area contributed by atoms with Crippen LogP contribution in [0.15, 0.2) is 47.6 Å². The minimum Gasteiger partial charge on any atom is -0.411 e. The third-order valence-electron chi connectivity index (χ3n) is 3.97. The Bertz CT molecular complexity index is 881. The van der Waals surface area contributed by atoms with Gasteiger partial charge < -0.3 is 21.6 Å². The van der Waals surface area contributed by atoms with Crippen molar-refractivity contribution in [3.05, 3.63) is 64.2 Å². The second kappa shape index (κ2) is 8.55. The molecule has 0 saturated carbocycles. The van der Waals surface area contributed by atoms with E-state index in [1.165, 1.54) is 18.3 Å². The minimum atomic E-state index is -0.673. The smallest absolute Gasteiger partial charge is 0.319 e. The number of nitrogens with zero attached hydrogens (tertiary/aromatic N) is 1. The Morgan fingerprint density at radius 2 is 2.00 bits per heavy atom. The number of oxime groups is 1. The molecule has 0 fully saturated rings. The van der Waals surface area contributed by atoms with Gasteiger partial charge in [0, 0.05) is 18.3 Å². The van der Waals surface area contributed by atoms with Crippen molar-refractivity contribution in [3.8, 4) is 0 Å². The van der Waals surface area contributed by atoms with Crippen molar-refractivity contribution in [1.29, 1.82) is 0 Å². The van der Waals surface area contributed by atoms with Crippen LogP contribution in [0.25, 0.3) is 0 Å². The van der Waals surface area contributed by atoms with Gasteiger partial charge in [0.05, 0.1) is 16.1 Å². The van der Waals surface area contributed by atoms with Crippen molar-refractivity contribution in [1.82, 2.24) is 5.32 Å². The third kappa shape index (κ3) is 5.46. The zero-order valence-electron chi connectivity index (χ0n) is 15.0. The van der Waals surface area contributed by atoms with Crippen molar-refractivity contribution in [2.24, 2.45) is 10.9 Å². The maximum atomic E-state index is 12.4. The third-order valence-corrected chi connectivity index (χ3v) is 4.30. The van der Waals surface area contributed by atoms with E-state index in [1.54, 1.807) is 6.07 Å². The molecule has 0 heterocycles. The van der Waals surface area contributed by atoms with Crippen LogP contribution in [0, 0.1) is 0 Å². The summed E-state index contributed by atoms with van der Waals surface area (Å²) in [7, 11) is 0. The molecule has 7 nitrogen and oxygen atoms in total. The van der Waals surface area contributed by atoms with Gasteiger partial charge in [0.2, 0.25) is 5.91 Å². The number of carbonyl (C=O) groups excluding carboxylic acids is 2. The molecule has 0 radical (unpaired) electrons. The van der Waals surface area contributed by atoms with Crippen LogP contribution in [-0.2, 0) is 12.0 Å². The largest absolute Gasteiger partial charge is 0.411 e. The first-order valence-corrected chi connectivity index (χ1v) is 8.54. The van der Waals surface area contributed by atoms with Crippen LogP contribution in [-0.4, -0.2) is 23.4 Å². The molecular weight excluding hydrogens is 368 g/mol. The zero-order valence-corrected chi connectivity index (χ0v) is 15.7. The average molecular weight is 389 g/mol. The van der Waals surface area contributed by atoms with Crippen LogP contribution in [0.4, 0.5) is 10.5 Å². The first-order chi connectivity index (χ1) is 12.7. The molecule has 0 bridgehead atoms. The van der Waals surface area contributed by atoms with E-state index in [2.05, 4.69) is 15.8 Å². The maximum absolute atomic E-state index is 12.4. The van der Waals surface area contributed by atoms with Gasteiger partial charge in [-0.2, -0.15) is 0 Å². The number of rotatable bonds is 6. The average Bonchev–Trinajstić information content (AvgIpc) is 2.61. The second-order valence-corrected chi connectivity index (χ2v) is 6.87. The standard InChI is InChI=1S/C19H21ClN4O3/c1-19(2,13-5-3-4-12(10-13)8-9-22-27)24-18(26)23-14-6-7-16(20)15(11-14)17(21)25/h3-7,9-11,27H,8H2,1-2H3,(H2,21,25)(H2,23,24,26)/b22-9+. The molecule has 27 heavy (non-hydrogen) atoms. The molecule has 5 N–H and O–H groups in total. The molecule has 0 aliphatic heterocycles. The van der Waals surface area contributed by atoms with Gasteiger partial charge >= 0.3 is 6.03 Å². The van der Waals surface area contributed by atoms with E-state index in [1.807, 2.05) is 38.1 Å². The van der Waals surface area contributed by atoms with E-state index >= 15 is 0 Å². The van der Waals surface area contributed by atoms with Crippen LogP contribution in [0.3, 0.4) is 0 Å². The van der Waals surface area contributed by atoms with Crippen LogP contribution in [0.5, 0.6) is 0 Å². The topological polar surface area (TPSA) is 117 Å². The molecule has 8 heteroatoms. The predicted molar refractivity (Wildman–Crippen MR) is 106 cm³/mol. The van der Waals surface area contributed by atoms with Crippen molar-refractivity contribution in [2.75, 3.05) is 5.32 Å². The van der Waals surface area contributed by atoms with E-state index in [0.717, 1.165) is 11.1 Å². The van der Waals surface area contributed by atoms with Crippen LogP contribution < -0.4 is 16.4 Å². The number of primary amides is 1. The summed E-state index contributed by atoms with van der Waals surface area (Å²) < 4.78 is 0. The van der Waals surface area contributed by atoms with Gasteiger partial charge in [-0.15, -0.1) is 5.16 Å². The molecule has 3 amide bonds. The van der Waals surface area contributed by atoms with E-state index < -0.39 is 17.5 Å². The highest BCUT2D eigenvalue weighted by molar-refractivity contribution is 6.34. The number of amides is 3. The number of hydrogen-bond acceptors (Lipinski definition) is 4. The summed E-state index contributed by atoms with van der Waals surface area (Å²) in [6, 6.07) is 11.6. The first kappa shape index (κ1) is 20.3. The lowest BCUT2D eigenvalue weighted by atomic mass is 9.92. The second-order valence-electron chi connectivity index (χ2n) is 6.47. The molecule has 2 aromatic carbocycles. The summed E-state index contributed by atoms with van der Waals surface area (Å²) in [6.07, 6.45) is 1.87. The number of anilines is 1. The quantitative estimate of drug-likeness (QED) is 0.344. The molecule has 0 aliphatic rings. The summed E-state index contributed by atoms with van der Waals surface area (Å²) in [6.45, 7) is 3.73. The number of halogens is 1. The normalized spacial score (nSPS) is 11.4. The summed E-state index contributed by atoms with van der Waals surface area (Å²) in [4.78, 5) is 23.8.